The summed E-state index contributed by atoms with van der Waals surface area (Å²) < 4.78 is 12.4. The molecule has 0 aromatic heterocycles. The van der Waals surface area contributed by atoms with Gasteiger partial charge in [-0.25, -0.2) is 0 Å². The Kier molecular flexibility index (Phi) is 7.07. The van der Waals surface area contributed by atoms with Gasteiger partial charge in [0.15, 0.2) is 0 Å². The summed E-state index contributed by atoms with van der Waals surface area (Å²) in [5.41, 5.74) is 0. The molecule has 96 valence electrons. The van der Waals surface area contributed by atoms with Crippen LogP contribution in [0.25, 0.3) is 0 Å². The van der Waals surface area contributed by atoms with E-state index in [-0.39, 0.29) is 6.67 Å². The monoisotopic (exact) mass is 228 g/mol. The van der Waals surface area contributed by atoms with Crippen molar-refractivity contribution < 1.29 is 4.39 Å². The molecule has 0 spiro atoms. The van der Waals surface area contributed by atoms with E-state index in [1.54, 1.807) is 0 Å². The molecule has 0 amide bonds. The van der Waals surface area contributed by atoms with Crippen molar-refractivity contribution >= 4 is 0 Å². The van der Waals surface area contributed by atoms with Gasteiger partial charge in [0.05, 0.1) is 6.67 Å². The van der Waals surface area contributed by atoms with Gasteiger partial charge >= 0.3 is 0 Å². The molecule has 0 aromatic rings. The van der Waals surface area contributed by atoms with Crippen molar-refractivity contribution in [3.05, 3.63) is 0 Å². The van der Waals surface area contributed by atoms with E-state index >= 15 is 0 Å². The van der Waals surface area contributed by atoms with Gasteiger partial charge in [0, 0.05) is 0 Å². The number of hydrogen-bond acceptors (Lipinski definition) is 0. The highest BCUT2D eigenvalue weighted by molar-refractivity contribution is 4.72. The SMILES string of the molecule is CCCC(C)CCCC1CCC(CF)CC1. The molecule has 1 aliphatic rings. The number of rotatable bonds is 7. The summed E-state index contributed by atoms with van der Waals surface area (Å²) in [4.78, 5) is 0. The van der Waals surface area contributed by atoms with E-state index < -0.39 is 0 Å². The fraction of sp³-hybridized carbons (Fsp3) is 1.00. The minimum Gasteiger partial charge on any atom is -0.251 e. The van der Waals surface area contributed by atoms with Crippen molar-refractivity contribution in [2.24, 2.45) is 17.8 Å². The van der Waals surface area contributed by atoms with Crippen molar-refractivity contribution in [1.29, 1.82) is 0 Å². The summed E-state index contributed by atoms with van der Waals surface area (Å²) in [6.07, 6.45) is 11.8. The lowest BCUT2D eigenvalue weighted by Gasteiger charge is -2.27. The molecule has 0 bridgehead atoms. The Morgan fingerprint density at radius 3 is 2.25 bits per heavy atom. The van der Waals surface area contributed by atoms with Crippen LogP contribution in [0.15, 0.2) is 0 Å². The summed E-state index contributed by atoms with van der Waals surface area (Å²) >= 11 is 0. The minimum absolute atomic E-state index is 0.0831. The minimum atomic E-state index is -0.0831. The zero-order chi connectivity index (χ0) is 11.8. The van der Waals surface area contributed by atoms with Gasteiger partial charge in [-0.05, 0) is 30.6 Å². The zero-order valence-corrected chi connectivity index (χ0v) is 11.2. The van der Waals surface area contributed by atoms with Crippen molar-refractivity contribution in [3.8, 4) is 0 Å². The van der Waals surface area contributed by atoms with E-state index in [0.29, 0.717) is 5.92 Å². The van der Waals surface area contributed by atoms with E-state index in [1.807, 2.05) is 0 Å². The first kappa shape index (κ1) is 14.0. The highest BCUT2D eigenvalue weighted by Crippen LogP contribution is 2.32. The summed E-state index contributed by atoms with van der Waals surface area (Å²) in [5.74, 6) is 2.22. The molecule has 1 atom stereocenters. The molecule has 1 saturated carbocycles. The van der Waals surface area contributed by atoms with Crippen molar-refractivity contribution in [2.45, 2.75) is 71.6 Å². The van der Waals surface area contributed by atoms with Crippen LogP contribution in [0, 0.1) is 17.8 Å². The van der Waals surface area contributed by atoms with Crippen LogP contribution in [-0.4, -0.2) is 6.67 Å². The van der Waals surface area contributed by atoms with Crippen LogP contribution in [-0.2, 0) is 0 Å². The fourth-order valence-corrected chi connectivity index (χ4v) is 3.07. The molecule has 0 heterocycles. The normalized spacial score (nSPS) is 27.9. The topological polar surface area (TPSA) is 0 Å². The predicted molar refractivity (Wildman–Crippen MR) is 69.3 cm³/mol. The first-order valence-electron chi connectivity index (χ1n) is 7.32. The molecular weight excluding hydrogens is 199 g/mol. The third kappa shape index (κ3) is 5.32. The Balaban J connectivity index is 2.02. The molecule has 0 nitrogen and oxygen atoms in total. The highest BCUT2D eigenvalue weighted by Gasteiger charge is 2.20. The standard InChI is InChI=1S/C15H29F/c1-3-5-13(2)6-4-7-14-8-10-15(12-16)11-9-14/h13-15H,3-12H2,1-2H3. The molecule has 1 rings (SSSR count). The quantitative estimate of drug-likeness (QED) is 0.549. The van der Waals surface area contributed by atoms with Gasteiger partial charge in [0.2, 0.25) is 0 Å². The van der Waals surface area contributed by atoms with Gasteiger partial charge in [-0.2, -0.15) is 0 Å². The summed E-state index contributed by atoms with van der Waals surface area (Å²) in [7, 11) is 0. The summed E-state index contributed by atoms with van der Waals surface area (Å²) in [5, 5.41) is 0. The van der Waals surface area contributed by atoms with E-state index in [0.717, 1.165) is 24.7 Å². The van der Waals surface area contributed by atoms with E-state index in [4.69, 9.17) is 0 Å². The lowest BCUT2D eigenvalue weighted by atomic mass is 9.80. The maximum Gasteiger partial charge on any atom is 0.0922 e. The van der Waals surface area contributed by atoms with Crippen molar-refractivity contribution in [3.63, 3.8) is 0 Å². The van der Waals surface area contributed by atoms with Crippen LogP contribution in [0.5, 0.6) is 0 Å². The van der Waals surface area contributed by atoms with Gasteiger partial charge in [-0.3, -0.25) is 4.39 Å². The van der Waals surface area contributed by atoms with Gasteiger partial charge in [-0.15, -0.1) is 0 Å². The number of alkyl halides is 1. The van der Waals surface area contributed by atoms with Crippen LogP contribution in [0.1, 0.15) is 71.6 Å². The Labute approximate surface area is 101 Å². The molecule has 1 aliphatic carbocycles. The molecule has 16 heavy (non-hydrogen) atoms. The van der Waals surface area contributed by atoms with Crippen LogP contribution < -0.4 is 0 Å². The van der Waals surface area contributed by atoms with Crippen LogP contribution >= 0.6 is 0 Å². The average molecular weight is 228 g/mol. The lowest BCUT2D eigenvalue weighted by molar-refractivity contribution is 0.219. The second-order valence-electron chi connectivity index (χ2n) is 5.87. The predicted octanol–water partition coefficient (Wildman–Crippen LogP) is 5.37. The molecule has 0 aliphatic heterocycles. The van der Waals surface area contributed by atoms with Gasteiger partial charge in [0.25, 0.3) is 0 Å². The molecule has 0 N–H and O–H groups in total. The number of halogens is 1. The Hall–Kier alpha value is -0.0700. The van der Waals surface area contributed by atoms with Crippen LogP contribution in [0.3, 0.4) is 0 Å². The maximum atomic E-state index is 12.4. The molecule has 0 saturated heterocycles. The summed E-state index contributed by atoms with van der Waals surface area (Å²) in [6.45, 7) is 4.57. The Morgan fingerprint density at radius 1 is 1.06 bits per heavy atom. The largest absolute Gasteiger partial charge is 0.251 e. The van der Waals surface area contributed by atoms with E-state index in [2.05, 4.69) is 13.8 Å². The first-order valence-corrected chi connectivity index (χ1v) is 7.32. The van der Waals surface area contributed by atoms with Crippen molar-refractivity contribution in [2.75, 3.05) is 6.67 Å². The number of hydrogen-bond donors (Lipinski definition) is 0. The molecule has 1 fully saturated rings. The molecule has 1 heteroatoms. The zero-order valence-electron chi connectivity index (χ0n) is 11.2. The molecule has 0 radical (unpaired) electrons. The van der Waals surface area contributed by atoms with E-state index in [1.165, 1.54) is 44.9 Å². The van der Waals surface area contributed by atoms with Gasteiger partial charge in [0.1, 0.15) is 0 Å². The average Bonchev–Trinajstić information content (AvgIpc) is 2.30. The Morgan fingerprint density at radius 2 is 1.69 bits per heavy atom. The fourth-order valence-electron chi connectivity index (χ4n) is 3.07. The lowest BCUT2D eigenvalue weighted by Crippen LogP contribution is -2.16. The Bertz CT molecular complexity index is 159. The maximum absolute atomic E-state index is 12.4. The van der Waals surface area contributed by atoms with Gasteiger partial charge < -0.3 is 0 Å². The second kappa shape index (κ2) is 8.08. The summed E-state index contributed by atoms with van der Waals surface area (Å²) in [6, 6.07) is 0. The molecule has 0 aromatic carbocycles. The van der Waals surface area contributed by atoms with E-state index in [9.17, 15) is 4.39 Å². The smallest absolute Gasteiger partial charge is 0.0922 e. The highest BCUT2D eigenvalue weighted by atomic mass is 19.1. The second-order valence-corrected chi connectivity index (χ2v) is 5.87. The molecule has 1 unspecified atom stereocenters. The van der Waals surface area contributed by atoms with Gasteiger partial charge in [-0.1, -0.05) is 58.8 Å². The van der Waals surface area contributed by atoms with Crippen LogP contribution in [0.4, 0.5) is 4.39 Å². The molecular formula is C15H29F. The first-order chi connectivity index (χ1) is 7.76. The third-order valence-electron chi connectivity index (χ3n) is 4.28. The van der Waals surface area contributed by atoms with Crippen LogP contribution in [0.2, 0.25) is 0 Å². The third-order valence-corrected chi connectivity index (χ3v) is 4.28. The van der Waals surface area contributed by atoms with Crippen molar-refractivity contribution in [1.82, 2.24) is 0 Å².